The molecule has 1 atom stereocenters. The van der Waals surface area contributed by atoms with E-state index in [2.05, 4.69) is 11.4 Å². The Labute approximate surface area is 179 Å². The maximum Gasteiger partial charge on any atom is 0.319 e. The highest BCUT2D eigenvalue weighted by Gasteiger charge is 2.59. The summed E-state index contributed by atoms with van der Waals surface area (Å²) in [6.07, 6.45) is 0. The molecule has 2 aliphatic heterocycles. The van der Waals surface area contributed by atoms with Crippen LogP contribution in [0.2, 0.25) is 0 Å². The van der Waals surface area contributed by atoms with Gasteiger partial charge in [0.1, 0.15) is 5.75 Å². The van der Waals surface area contributed by atoms with Gasteiger partial charge >= 0.3 is 6.03 Å². The van der Waals surface area contributed by atoms with E-state index in [4.69, 9.17) is 4.74 Å². The molecule has 2 aromatic rings. The van der Waals surface area contributed by atoms with Crippen molar-refractivity contribution in [3.8, 4) is 11.8 Å². The Hall–Kier alpha value is -3.18. The van der Waals surface area contributed by atoms with Gasteiger partial charge < -0.3 is 15.0 Å². The molecule has 0 radical (unpaired) electrons. The Morgan fingerprint density at radius 3 is 2.90 bits per heavy atom. The van der Waals surface area contributed by atoms with E-state index in [9.17, 15) is 14.9 Å². The SMILES string of the molecule is CCNC(=O)N1CCS[C@]12C(=O)N(Cc1cccc(C#N)c1)c1ccc(OC)cc12. The second kappa shape index (κ2) is 7.92. The number of ether oxygens (including phenoxy) is 1. The Morgan fingerprint density at radius 1 is 1.33 bits per heavy atom. The van der Waals surface area contributed by atoms with Crippen molar-refractivity contribution >= 4 is 29.4 Å². The van der Waals surface area contributed by atoms with Crippen LogP contribution in [0.5, 0.6) is 5.75 Å². The first kappa shape index (κ1) is 20.1. The lowest BCUT2D eigenvalue weighted by molar-refractivity contribution is -0.123. The van der Waals surface area contributed by atoms with E-state index in [1.54, 1.807) is 29.0 Å². The summed E-state index contributed by atoms with van der Waals surface area (Å²) in [5.74, 6) is 1.15. The lowest BCUT2D eigenvalue weighted by Gasteiger charge is -2.33. The zero-order chi connectivity index (χ0) is 21.3. The number of fused-ring (bicyclic) bond motifs is 2. The molecule has 1 spiro atoms. The summed E-state index contributed by atoms with van der Waals surface area (Å²) in [4.78, 5) is 28.9. The highest BCUT2D eigenvalue weighted by molar-refractivity contribution is 8.01. The topological polar surface area (TPSA) is 85.7 Å². The van der Waals surface area contributed by atoms with Crippen molar-refractivity contribution in [3.05, 3.63) is 59.2 Å². The van der Waals surface area contributed by atoms with Crippen LogP contribution in [0.1, 0.15) is 23.6 Å². The summed E-state index contributed by atoms with van der Waals surface area (Å²) >= 11 is 1.47. The summed E-state index contributed by atoms with van der Waals surface area (Å²) in [6.45, 7) is 3.14. The molecule has 0 bridgehead atoms. The summed E-state index contributed by atoms with van der Waals surface area (Å²) < 4.78 is 5.41. The van der Waals surface area contributed by atoms with Crippen LogP contribution in [0.3, 0.4) is 0 Å². The number of urea groups is 1. The van der Waals surface area contributed by atoms with Crippen LogP contribution in [0, 0.1) is 11.3 Å². The largest absolute Gasteiger partial charge is 0.497 e. The molecule has 2 aliphatic rings. The quantitative estimate of drug-likeness (QED) is 0.819. The fourth-order valence-electron chi connectivity index (χ4n) is 4.05. The molecule has 1 saturated heterocycles. The highest BCUT2D eigenvalue weighted by Crippen LogP contribution is 2.55. The van der Waals surface area contributed by atoms with E-state index in [-0.39, 0.29) is 11.9 Å². The number of amides is 3. The molecule has 1 N–H and O–H groups in total. The van der Waals surface area contributed by atoms with E-state index in [0.29, 0.717) is 36.7 Å². The number of rotatable bonds is 4. The zero-order valence-electron chi connectivity index (χ0n) is 16.8. The van der Waals surface area contributed by atoms with Crippen LogP contribution in [-0.4, -0.2) is 42.8 Å². The van der Waals surface area contributed by atoms with Gasteiger partial charge in [-0.3, -0.25) is 9.69 Å². The van der Waals surface area contributed by atoms with E-state index >= 15 is 0 Å². The van der Waals surface area contributed by atoms with Gasteiger partial charge in [-0.05, 0) is 42.8 Å². The van der Waals surface area contributed by atoms with Crippen molar-refractivity contribution in [2.75, 3.05) is 30.9 Å². The Kier molecular flexibility index (Phi) is 5.31. The third-order valence-corrected chi connectivity index (χ3v) is 6.79. The van der Waals surface area contributed by atoms with Crippen molar-refractivity contribution in [2.24, 2.45) is 0 Å². The Bertz CT molecular complexity index is 1050. The maximum absolute atomic E-state index is 13.8. The van der Waals surface area contributed by atoms with Crippen molar-refractivity contribution in [1.82, 2.24) is 10.2 Å². The predicted molar refractivity (Wildman–Crippen MR) is 115 cm³/mol. The van der Waals surface area contributed by atoms with Gasteiger partial charge in [-0.25, -0.2) is 4.79 Å². The molecule has 154 valence electrons. The fraction of sp³-hybridized carbons (Fsp3) is 0.318. The normalized spacial score (nSPS) is 19.7. The maximum atomic E-state index is 13.8. The van der Waals surface area contributed by atoms with E-state index in [1.807, 2.05) is 37.3 Å². The fourth-order valence-corrected chi connectivity index (χ4v) is 5.50. The van der Waals surface area contributed by atoms with E-state index < -0.39 is 4.87 Å². The highest BCUT2D eigenvalue weighted by atomic mass is 32.2. The van der Waals surface area contributed by atoms with Crippen LogP contribution < -0.4 is 15.0 Å². The van der Waals surface area contributed by atoms with Gasteiger partial charge in [-0.2, -0.15) is 5.26 Å². The smallest absolute Gasteiger partial charge is 0.319 e. The number of carbonyl (C=O) groups is 2. The summed E-state index contributed by atoms with van der Waals surface area (Å²) in [6, 6.07) is 14.6. The van der Waals surface area contributed by atoms with Crippen LogP contribution in [0.4, 0.5) is 10.5 Å². The molecule has 1 fully saturated rings. The van der Waals surface area contributed by atoms with Crippen LogP contribution in [0.15, 0.2) is 42.5 Å². The lowest BCUT2D eigenvalue weighted by atomic mass is 10.1. The van der Waals surface area contributed by atoms with E-state index in [1.165, 1.54) is 11.8 Å². The minimum atomic E-state index is -1.12. The molecule has 8 heteroatoms. The summed E-state index contributed by atoms with van der Waals surface area (Å²) in [7, 11) is 1.58. The number of hydrogen-bond donors (Lipinski definition) is 1. The number of anilines is 1. The number of nitriles is 1. The molecule has 4 rings (SSSR count). The molecule has 3 amide bonds. The van der Waals surface area contributed by atoms with Crippen molar-refractivity contribution in [3.63, 3.8) is 0 Å². The molecule has 0 aromatic heterocycles. The minimum Gasteiger partial charge on any atom is -0.497 e. The number of nitrogens with zero attached hydrogens (tertiary/aromatic N) is 3. The third kappa shape index (κ3) is 3.06. The number of hydrogen-bond acceptors (Lipinski definition) is 5. The molecule has 0 saturated carbocycles. The lowest BCUT2D eigenvalue weighted by Crippen LogP contribution is -2.53. The first-order valence-corrected chi connectivity index (χ1v) is 10.7. The third-order valence-electron chi connectivity index (χ3n) is 5.37. The first-order chi connectivity index (χ1) is 14.5. The number of benzene rings is 2. The Morgan fingerprint density at radius 2 is 2.17 bits per heavy atom. The van der Waals surface area contributed by atoms with Gasteiger partial charge in [-0.15, -0.1) is 11.8 Å². The van der Waals surface area contributed by atoms with Crippen molar-refractivity contribution < 1.29 is 14.3 Å². The molecular formula is C22H22N4O3S. The molecule has 2 aromatic carbocycles. The van der Waals surface area contributed by atoms with Gasteiger partial charge in [0.25, 0.3) is 5.91 Å². The number of thioether (sulfide) groups is 1. The van der Waals surface area contributed by atoms with Gasteiger partial charge in [0.2, 0.25) is 0 Å². The average Bonchev–Trinajstić information content (AvgIpc) is 3.31. The van der Waals surface area contributed by atoms with Gasteiger partial charge in [0, 0.05) is 24.4 Å². The monoisotopic (exact) mass is 422 g/mol. The summed E-state index contributed by atoms with van der Waals surface area (Å²) in [5.41, 5.74) is 2.92. The molecule has 0 unspecified atom stereocenters. The molecular weight excluding hydrogens is 400 g/mol. The van der Waals surface area contributed by atoms with Crippen LogP contribution >= 0.6 is 11.8 Å². The van der Waals surface area contributed by atoms with Crippen LogP contribution in [-0.2, 0) is 16.2 Å². The standard InChI is InChI=1S/C22H22N4O3S/c1-3-24-21(28)26-9-10-30-22(26)18-12-17(29-2)7-8-19(18)25(20(22)27)14-16-6-4-5-15(11-16)13-23/h4-8,11-12H,3,9-10,14H2,1-2H3,(H,24,28)/t22-/m1/s1. The second-order valence-corrected chi connectivity index (χ2v) is 8.35. The number of carbonyl (C=O) groups excluding carboxylic acids is 2. The van der Waals surface area contributed by atoms with Crippen molar-refractivity contribution in [2.45, 2.75) is 18.3 Å². The summed E-state index contributed by atoms with van der Waals surface area (Å²) in [5, 5.41) is 12.0. The minimum absolute atomic E-state index is 0.151. The molecule has 2 heterocycles. The predicted octanol–water partition coefficient (Wildman–Crippen LogP) is 3.04. The van der Waals surface area contributed by atoms with Gasteiger partial charge in [-0.1, -0.05) is 12.1 Å². The van der Waals surface area contributed by atoms with Gasteiger partial charge in [0.15, 0.2) is 4.87 Å². The number of nitrogens with one attached hydrogen (secondary N) is 1. The van der Waals surface area contributed by atoms with Gasteiger partial charge in [0.05, 0.1) is 31.0 Å². The average molecular weight is 423 g/mol. The van der Waals surface area contributed by atoms with Crippen LogP contribution in [0.25, 0.3) is 0 Å². The molecule has 7 nitrogen and oxygen atoms in total. The Balaban J connectivity index is 1.81. The molecule has 0 aliphatic carbocycles. The van der Waals surface area contributed by atoms with Crippen molar-refractivity contribution in [1.29, 1.82) is 5.26 Å². The second-order valence-electron chi connectivity index (χ2n) is 7.07. The number of methoxy groups -OCH3 is 1. The first-order valence-electron chi connectivity index (χ1n) is 9.74. The molecule has 30 heavy (non-hydrogen) atoms. The zero-order valence-corrected chi connectivity index (χ0v) is 17.7. The van der Waals surface area contributed by atoms with E-state index in [0.717, 1.165) is 16.8 Å².